The van der Waals surface area contributed by atoms with Crippen LogP contribution < -0.4 is 25.6 Å². The molecule has 28 heavy (non-hydrogen) atoms. The number of benzene rings is 2. The van der Waals surface area contributed by atoms with E-state index in [0.717, 1.165) is 12.0 Å². The molecular formula is C20H21N3O4S. The Morgan fingerprint density at radius 1 is 0.964 bits per heavy atom. The van der Waals surface area contributed by atoms with Crippen molar-refractivity contribution in [3.63, 3.8) is 0 Å². The zero-order valence-electron chi connectivity index (χ0n) is 15.5. The molecule has 0 heterocycles. The molecule has 0 bridgehead atoms. The van der Waals surface area contributed by atoms with Crippen LogP contribution in [0.5, 0.6) is 11.5 Å². The van der Waals surface area contributed by atoms with Crippen LogP contribution in [0, 0.1) is 5.92 Å². The van der Waals surface area contributed by atoms with E-state index >= 15 is 0 Å². The van der Waals surface area contributed by atoms with Crippen LogP contribution in [-0.2, 0) is 4.79 Å². The lowest BCUT2D eigenvalue weighted by molar-refractivity contribution is -0.123. The third-order valence-electron chi connectivity index (χ3n) is 4.54. The molecule has 0 aliphatic heterocycles. The number of rotatable bonds is 5. The standard InChI is InChI=1S/C20H21N3O4S/c1-26-15-9-6-10-16(27-2)17(15)19(25)21-20(28)23-22-18(24)14-11-13(14)12-7-4-3-5-8-12/h3-10,13-14H,11H2,1-2H3,(H,22,24)(H2,21,23,25,28)/t13-,14+/m0/s1. The predicted octanol–water partition coefficient (Wildman–Crippen LogP) is 2.14. The van der Waals surface area contributed by atoms with Crippen LogP contribution in [0.15, 0.2) is 48.5 Å². The molecule has 1 saturated carbocycles. The number of thiocarbonyl (C=S) groups is 1. The number of hydrogen-bond acceptors (Lipinski definition) is 5. The lowest BCUT2D eigenvalue weighted by Crippen LogP contribution is -2.49. The molecule has 146 valence electrons. The lowest BCUT2D eigenvalue weighted by atomic mass is 10.1. The van der Waals surface area contributed by atoms with Crippen molar-refractivity contribution in [2.24, 2.45) is 5.92 Å². The van der Waals surface area contributed by atoms with E-state index < -0.39 is 5.91 Å². The van der Waals surface area contributed by atoms with E-state index in [-0.39, 0.29) is 28.4 Å². The summed E-state index contributed by atoms with van der Waals surface area (Å²) in [4.78, 5) is 24.8. The number of ether oxygens (including phenoxy) is 2. The molecule has 2 amide bonds. The minimum absolute atomic E-state index is 0.0248. The summed E-state index contributed by atoms with van der Waals surface area (Å²) in [5, 5.41) is 2.49. The van der Waals surface area contributed by atoms with Crippen molar-refractivity contribution in [3.05, 3.63) is 59.7 Å². The van der Waals surface area contributed by atoms with E-state index in [1.165, 1.54) is 14.2 Å². The minimum Gasteiger partial charge on any atom is -0.496 e. The molecule has 0 aromatic heterocycles. The summed E-state index contributed by atoms with van der Waals surface area (Å²) in [6, 6.07) is 14.9. The third kappa shape index (κ3) is 4.40. The number of carbonyl (C=O) groups is 2. The van der Waals surface area contributed by atoms with E-state index in [0.29, 0.717) is 11.5 Å². The molecule has 0 unspecified atom stereocenters. The summed E-state index contributed by atoms with van der Waals surface area (Å²) in [5.74, 6) is 0.140. The van der Waals surface area contributed by atoms with Crippen molar-refractivity contribution in [1.29, 1.82) is 0 Å². The molecule has 0 radical (unpaired) electrons. The predicted molar refractivity (Wildman–Crippen MR) is 108 cm³/mol. The van der Waals surface area contributed by atoms with E-state index in [9.17, 15) is 9.59 Å². The van der Waals surface area contributed by atoms with Gasteiger partial charge >= 0.3 is 0 Å². The Hall–Kier alpha value is -3.13. The SMILES string of the molecule is COc1cccc(OC)c1C(=O)NC(=S)NNC(=O)[C@@H]1C[C@H]1c1ccccc1. The van der Waals surface area contributed by atoms with Crippen molar-refractivity contribution in [2.45, 2.75) is 12.3 Å². The quantitative estimate of drug-likeness (QED) is 0.527. The van der Waals surface area contributed by atoms with Gasteiger partial charge in [-0.25, -0.2) is 0 Å². The topological polar surface area (TPSA) is 88.7 Å². The normalized spacial score (nSPS) is 17.2. The van der Waals surface area contributed by atoms with Gasteiger partial charge in [-0.15, -0.1) is 0 Å². The fourth-order valence-electron chi connectivity index (χ4n) is 3.04. The Morgan fingerprint density at radius 2 is 1.61 bits per heavy atom. The molecule has 2 aromatic rings. The van der Waals surface area contributed by atoms with Crippen molar-refractivity contribution in [1.82, 2.24) is 16.2 Å². The first-order valence-corrected chi connectivity index (χ1v) is 9.13. The second-order valence-corrected chi connectivity index (χ2v) is 6.70. The number of hydrazine groups is 1. The Kier molecular flexibility index (Phi) is 6.10. The average Bonchev–Trinajstić information content (AvgIpc) is 3.53. The molecule has 2 aromatic carbocycles. The maximum Gasteiger partial charge on any atom is 0.265 e. The van der Waals surface area contributed by atoms with E-state index in [2.05, 4.69) is 16.2 Å². The van der Waals surface area contributed by atoms with Gasteiger partial charge in [0, 0.05) is 5.92 Å². The smallest absolute Gasteiger partial charge is 0.265 e. The van der Waals surface area contributed by atoms with Crippen molar-refractivity contribution < 1.29 is 19.1 Å². The third-order valence-corrected chi connectivity index (χ3v) is 4.74. The first-order chi connectivity index (χ1) is 13.5. The molecule has 3 N–H and O–H groups in total. The molecule has 7 nitrogen and oxygen atoms in total. The first kappa shape index (κ1) is 19.6. The van der Waals surface area contributed by atoms with Gasteiger partial charge in [-0.3, -0.25) is 25.8 Å². The van der Waals surface area contributed by atoms with Gasteiger partial charge in [0.25, 0.3) is 5.91 Å². The van der Waals surface area contributed by atoms with Gasteiger partial charge in [0.2, 0.25) is 5.91 Å². The Labute approximate surface area is 168 Å². The van der Waals surface area contributed by atoms with Gasteiger partial charge in [-0.2, -0.15) is 0 Å². The van der Waals surface area contributed by atoms with E-state index in [1.54, 1.807) is 18.2 Å². The van der Waals surface area contributed by atoms with Crippen LogP contribution >= 0.6 is 12.2 Å². The number of methoxy groups -OCH3 is 2. The summed E-state index contributed by atoms with van der Waals surface area (Å²) in [6.07, 6.45) is 0.787. The van der Waals surface area contributed by atoms with Gasteiger partial charge in [-0.1, -0.05) is 36.4 Å². The second-order valence-electron chi connectivity index (χ2n) is 6.29. The van der Waals surface area contributed by atoms with Crippen LogP contribution in [0.25, 0.3) is 0 Å². The van der Waals surface area contributed by atoms with Crippen LogP contribution in [-0.4, -0.2) is 31.1 Å². The molecule has 0 spiro atoms. The molecule has 2 atom stereocenters. The summed E-state index contributed by atoms with van der Waals surface area (Å²) in [5.41, 5.74) is 6.48. The highest BCUT2D eigenvalue weighted by molar-refractivity contribution is 7.80. The fourth-order valence-corrected chi connectivity index (χ4v) is 3.18. The zero-order chi connectivity index (χ0) is 20.1. The highest BCUT2D eigenvalue weighted by atomic mass is 32.1. The van der Waals surface area contributed by atoms with E-state index in [1.807, 2.05) is 30.3 Å². The number of carbonyl (C=O) groups excluding carboxylic acids is 2. The molecule has 1 aliphatic rings. The molecule has 1 aliphatic carbocycles. The molecular weight excluding hydrogens is 378 g/mol. The minimum atomic E-state index is -0.505. The summed E-state index contributed by atoms with van der Waals surface area (Å²) < 4.78 is 10.4. The highest BCUT2D eigenvalue weighted by Gasteiger charge is 2.43. The maximum atomic E-state index is 12.5. The number of amides is 2. The molecule has 1 fully saturated rings. The van der Waals surface area contributed by atoms with Gasteiger partial charge in [0.05, 0.1) is 14.2 Å². The molecule has 0 saturated heterocycles. The van der Waals surface area contributed by atoms with Crippen molar-refractivity contribution >= 4 is 29.1 Å². The van der Waals surface area contributed by atoms with Gasteiger partial charge < -0.3 is 9.47 Å². The largest absolute Gasteiger partial charge is 0.496 e. The number of nitrogens with one attached hydrogen (secondary N) is 3. The van der Waals surface area contributed by atoms with Crippen molar-refractivity contribution in [3.8, 4) is 11.5 Å². The van der Waals surface area contributed by atoms with Gasteiger partial charge in [-0.05, 0) is 42.3 Å². The lowest BCUT2D eigenvalue weighted by Gasteiger charge is -2.14. The fraction of sp³-hybridized carbons (Fsp3) is 0.250. The van der Waals surface area contributed by atoms with Gasteiger partial charge in [0.15, 0.2) is 5.11 Å². The van der Waals surface area contributed by atoms with E-state index in [4.69, 9.17) is 21.7 Å². The molecule has 3 rings (SSSR count). The highest BCUT2D eigenvalue weighted by Crippen LogP contribution is 2.47. The van der Waals surface area contributed by atoms with Gasteiger partial charge in [0.1, 0.15) is 17.1 Å². The summed E-state index contributed by atoms with van der Waals surface area (Å²) in [7, 11) is 2.92. The Morgan fingerprint density at radius 3 is 2.21 bits per heavy atom. The van der Waals surface area contributed by atoms with Crippen LogP contribution in [0.1, 0.15) is 28.3 Å². The average molecular weight is 399 g/mol. The second kappa shape index (κ2) is 8.71. The van der Waals surface area contributed by atoms with Crippen molar-refractivity contribution in [2.75, 3.05) is 14.2 Å². The number of hydrogen-bond donors (Lipinski definition) is 3. The zero-order valence-corrected chi connectivity index (χ0v) is 16.3. The first-order valence-electron chi connectivity index (χ1n) is 8.72. The molecule has 8 heteroatoms. The van der Waals surface area contributed by atoms with Crippen LogP contribution in [0.2, 0.25) is 0 Å². The van der Waals surface area contributed by atoms with Crippen LogP contribution in [0.4, 0.5) is 0 Å². The monoisotopic (exact) mass is 399 g/mol. The summed E-state index contributed by atoms with van der Waals surface area (Å²) >= 11 is 5.10. The Bertz CT molecular complexity index is 866. The van der Waals surface area contributed by atoms with Crippen LogP contribution in [0.3, 0.4) is 0 Å². The summed E-state index contributed by atoms with van der Waals surface area (Å²) in [6.45, 7) is 0. The maximum absolute atomic E-state index is 12.5. The Balaban J connectivity index is 1.53.